The third-order valence-corrected chi connectivity index (χ3v) is 20.0. The first-order valence-corrected chi connectivity index (χ1v) is 18.6. The maximum absolute atomic E-state index is 6.34. The molecular formula is C20H43NOSn. The normalized spacial score (nSPS) is 16.8. The van der Waals surface area contributed by atoms with Crippen LogP contribution in [0.2, 0.25) is 13.3 Å². The van der Waals surface area contributed by atoms with Gasteiger partial charge in [0.05, 0.1) is 0 Å². The molecule has 0 amide bonds. The summed E-state index contributed by atoms with van der Waals surface area (Å²) in [7, 11) is 0. The average molecular weight is 432 g/mol. The summed E-state index contributed by atoms with van der Waals surface area (Å²) >= 11 is -2.03. The van der Waals surface area contributed by atoms with Crippen LogP contribution in [0.4, 0.5) is 0 Å². The van der Waals surface area contributed by atoms with Crippen molar-refractivity contribution in [3.05, 3.63) is 0 Å². The van der Waals surface area contributed by atoms with E-state index >= 15 is 0 Å². The molecule has 1 saturated heterocycles. The topological polar surface area (TPSA) is 12.5 Å². The number of hydrogen-bond acceptors (Lipinski definition) is 2. The van der Waals surface area contributed by atoms with E-state index in [4.69, 9.17) is 4.74 Å². The molecule has 3 heteroatoms. The standard InChI is InChI=1S/C8H16NO.3C4H9.Sn/c1-10-8-7-9-5-3-2-4-6-9;3*1-3-4-2;/h1-8H2;3*1,3-4H2,2H3;. The molecule has 0 saturated carbocycles. The van der Waals surface area contributed by atoms with Crippen LogP contribution in [-0.2, 0) is 4.74 Å². The minimum absolute atomic E-state index is 0.989. The first-order chi connectivity index (χ1) is 11.3. The number of rotatable bonds is 14. The maximum atomic E-state index is 6.34. The second kappa shape index (κ2) is 13.9. The first kappa shape index (κ1) is 21.8. The first-order valence-electron chi connectivity index (χ1n) is 10.6. The van der Waals surface area contributed by atoms with Gasteiger partial charge in [0.1, 0.15) is 0 Å². The van der Waals surface area contributed by atoms with Gasteiger partial charge in [0.2, 0.25) is 0 Å². The summed E-state index contributed by atoms with van der Waals surface area (Å²) in [5.74, 6) is 0. The summed E-state index contributed by atoms with van der Waals surface area (Å²) in [4.78, 5) is 2.62. The Morgan fingerprint density at radius 1 is 0.783 bits per heavy atom. The van der Waals surface area contributed by atoms with Gasteiger partial charge in [-0.25, -0.2) is 0 Å². The van der Waals surface area contributed by atoms with E-state index < -0.39 is 18.4 Å². The van der Waals surface area contributed by atoms with Crippen LogP contribution >= 0.6 is 0 Å². The van der Waals surface area contributed by atoms with Crippen molar-refractivity contribution in [2.24, 2.45) is 0 Å². The van der Waals surface area contributed by atoms with Crippen LogP contribution in [0.25, 0.3) is 0 Å². The number of piperidine rings is 1. The third kappa shape index (κ3) is 9.69. The molecular weight excluding hydrogens is 389 g/mol. The van der Waals surface area contributed by atoms with Gasteiger partial charge in [-0.15, -0.1) is 0 Å². The average Bonchev–Trinajstić information content (AvgIpc) is 2.60. The van der Waals surface area contributed by atoms with E-state index in [0.29, 0.717) is 0 Å². The van der Waals surface area contributed by atoms with Gasteiger partial charge in [-0.1, -0.05) is 0 Å². The van der Waals surface area contributed by atoms with Crippen molar-refractivity contribution in [1.82, 2.24) is 4.90 Å². The van der Waals surface area contributed by atoms with E-state index in [2.05, 4.69) is 25.7 Å². The van der Waals surface area contributed by atoms with E-state index in [1.165, 1.54) is 82.0 Å². The molecule has 0 N–H and O–H groups in total. The number of ether oxygens (including phenoxy) is 1. The molecule has 1 rings (SSSR count). The van der Waals surface area contributed by atoms with Crippen molar-refractivity contribution in [3.63, 3.8) is 0 Å². The molecule has 1 aliphatic rings. The third-order valence-electron chi connectivity index (χ3n) is 5.59. The zero-order chi connectivity index (χ0) is 16.8. The van der Waals surface area contributed by atoms with Gasteiger partial charge in [0.25, 0.3) is 0 Å². The molecule has 1 aliphatic heterocycles. The molecule has 0 aromatic rings. The van der Waals surface area contributed by atoms with Gasteiger partial charge in [-0.05, 0) is 0 Å². The quantitative estimate of drug-likeness (QED) is 0.251. The van der Waals surface area contributed by atoms with Crippen molar-refractivity contribution in [3.8, 4) is 0 Å². The van der Waals surface area contributed by atoms with Crippen LogP contribution in [0.3, 0.4) is 0 Å². The van der Waals surface area contributed by atoms with Crippen molar-refractivity contribution in [2.75, 3.05) is 30.9 Å². The Bertz CT molecular complexity index is 245. The molecule has 2 nitrogen and oxygen atoms in total. The second-order valence-corrected chi connectivity index (χ2v) is 21.4. The van der Waals surface area contributed by atoms with Crippen molar-refractivity contribution in [2.45, 2.75) is 91.9 Å². The minimum atomic E-state index is -2.03. The molecule has 1 heterocycles. The predicted molar refractivity (Wildman–Crippen MR) is 106 cm³/mol. The number of likely N-dealkylation sites (tertiary alicyclic amines) is 1. The Hall–Kier alpha value is 0.719. The molecule has 0 spiro atoms. The molecule has 1 fully saturated rings. The summed E-state index contributed by atoms with van der Waals surface area (Å²) in [5, 5.41) is 0. The molecule has 0 radical (unpaired) electrons. The summed E-state index contributed by atoms with van der Waals surface area (Å²) in [6.07, 6.45) is 12.7. The second-order valence-electron chi connectivity index (χ2n) is 7.77. The van der Waals surface area contributed by atoms with Crippen molar-refractivity contribution >= 4 is 18.4 Å². The monoisotopic (exact) mass is 433 g/mol. The van der Waals surface area contributed by atoms with Gasteiger partial charge >= 0.3 is 151 Å². The van der Waals surface area contributed by atoms with Crippen LogP contribution in [0.5, 0.6) is 0 Å². The van der Waals surface area contributed by atoms with E-state index in [9.17, 15) is 0 Å². The molecule has 0 atom stereocenters. The molecule has 138 valence electrons. The molecule has 0 unspecified atom stereocenters. The van der Waals surface area contributed by atoms with Gasteiger partial charge in [0.15, 0.2) is 0 Å². The van der Waals surface area contributed by atoms with Crippen LogP contribution in [0.15, 0.2) is 0 Å². The van der Waals surface area contributed by atoms with Crippen LogP contribution in [0.1, 0.15) is 78.6 Å². The summed E-state index contributed by atoms with van der Waals surface area (Å²) in [6, 6.07) is 0. The zero-order valence-corrected chi connectivity index (χ0v) is 19.2. The fourth-order valence-corrected chi connectivity index (χ4v) is 18.4. The van der Waals surface area contributed by atoms with E-state index in [-0.39, 0.29) is 0 Å². The van der Waals surface area contributed by atoms with Crippen molar-refractivity contribution < 1.29 is 4.74 Å². The van der Waals surface area contributed by atoms with Crippen LogP contribution in [-0.4, -0.2) is 54.1 Å². The molecule has 0 bridgehead atoms. The van der Waals surface area contributed by atoms with Gasteiger partial charge in [-0.3, -0.25) is 0 Å². The summed E-state index contributed by atoms with van der Waals surface area (Å²) in [5.41, 5.74) is 0. The molecule has 0 aromatic heterocycles. The Morgan fingerprint density at radius 2 is 1.30 bits per heavy atom. The van der Waals surface area contributed by atoms with Crippen LogP contribution in [0, 0.1) is 0 Å². The summed E-state index contributed by atoms with van der Waals surface area (Å²) < 4.78 is 12.3. The Balaban J connectivity index is 2.40. The number of unbranched alkanes of at least 4 members (excludes halogenated alkanes) is 3. The number of hydrogen-bond donors (Lipinski definition) is 0. The van der Waals surface area contributed by atoms with Gasteiger partial charge in [0, 0.05) is 0 Å². The van der Waals surface area contributed by atoms with E-state index in [0.717, 1.165) is 6.61 Å². The number of nitrogens with zero attached hydrogens (tertiary/aromatic N) is 1. The fraction of sp³-hybridized carbons (Fsp3) is 1.00. The molecule has 23 heavy (non-hydrogen) atoms. The van der Waals surface area contributed by atoms with E-state index in [1.807, 2.05) is 0 Å². The Labute approximate surface area is 150 Å². The summed E-state index contributed by atoms with van der Waals surface area (Å²) in [6.45, 7) is 11.8. The molecule has 0 aromatic carbocycles. The fourth-order valence-electron chi connectivity index (χ4n) is 3.91. The Morgan fingerprint density at radius 3 is 1.78 bits per heavy atom. The van der Waals surface area contributed by atoms with Gasteiger partial charge < -0.3 is 0 Å². The SMILES string of the molecule is CCC[CH2][Sn]([CH2]CCC)([CH2]CCC)[CH2]OCCN1CCCCC1. The van der Waals surface area contributed by atoms with E-state index in [1.54, 1.807) is 13.3 Å². The zero-order valence-electron chi connectivity index (χ0n) is 16.4. The van der Waals surface area contributed by atoms with Crippen LogP contribution < -0.4 is 0 Å². The molecule has 0 aliphatic carbocycles. The van der Waals surface area contributed by atoms with Crippen molar-refractivity contribution in [1.29, 1.82) is 0 Å². The van der Waals surface area contributed by atoms with Gasteiger partial charge in [-0.2, -0.15) is 0 Å². The Kier molecular flexibility index (Phi) is 13.2. The predicted octanol–water partition coefficient (Wildman–Crippen LogP) is 5.88.